The molecule has 1 aromatic heterocycles. The number of nitrogens with two attached hydrogens (primary N) is 1. The Labute approximate surface area is 81.3 Å². The SMILES string of the molecule is Nc1cc(OC2CCNC2=O)ccn1. The minimum atomic E-state index is -0.392. The van der Waals surface area contributed by atoms with Gasteiger partial charge in [-0.2, -0.15) is 0 Å². The van der Waals surface area contributed by atoms with E-state index in [1.165, 1.54) is 0 Å². The van der Waals surface area contributed by atoms with Crippen molar-refractivity contribution in [1.29, 1.82) is 0 Å². The molecule has 1 aliphatic heterocycles. The first kappa shape index (κ1) is 8.80. The Kier molecular flexibility index (Phi) is 2.22. The van der Waals surface area contributed by atoms with Gasteiger partial charge in [-0.05, 0) is 6.07 Å². The molecule has 1 aliphatic rings. The fraction of sp³-hybridized carbons (Fsp3) is 0.333. The van der Waals surface area contributed by atoms with Crippen LogP contribution in [0, 0.1) is 0 Å². The predicted octanol–water partition coefficient (Wildman–Crippen LogP) is -0.0689. The zero-order valence-electron chi connectivity index (χ0n) is 7.56. The van der Waals surface area contributed by atoms with Crippen LogP contribution in [0.2, 0.25) is 0 Å². The lowest BCUT2D eigenvalue weighted by molar-refractivity contribution is -0.124. The van der Waals surface area contributed by atoms with Crippen LogP contribution in [0.1, 0.15) is 6.42 Å². The number of ether oxygens (including phenoxy) is 1. The molecule has 1 amide bonds. The Morgan fingerprint density at radius 1 is 1.64 bits per heavy atom. The summed E-state index contributed by atoms with van der Waals surface area (Å²) in [4.78, 5) is 15.0. The van der Waals surface area contributed by atoms with E-state index in [2.05, 4.69) is 10.3 Å². The van der Waals surface area contributed by atoms with Gasteiger partial charge < -0.3 is 15.8 Å². The van der Waals surface area contributed by atoms with Crippen LogP contribution >= 0.6 is 0 Å². The lowest BCUT2D eigenvalue weighted by atomic mass is 10.3. The Morgan fingerprint density at radius 3 is 3.14 bits per heavy atom. The Balaban J connectivity index is 2.07. The van der Waals surface area contributed by atoms with Crippen LogP contribution in [0.4, 0.5) is 5.82 Å². The molecule has 0 saturated carbocycles. The van der Waals surface area contributed by atoms with Crippen molar-refractivity contribution in [3.63, 3.8) is 0 Å². The molecule has 2 heterocycles. The molecule has 0 aromatic carbocycles. The normalized spacial score (nSPS) is 20.6. The number of hydrogen-bond donors (Lipinski definition) is 2. The summed E-state index contributed by atoms with van der Waals surface area (Å²) in [6.07, 6.45) is 1.86. The molecule has 0 bridgehead atoms. The molecule has 5 nitrogen and oxygen atoms in total. The van der Waals surface area contributed by atoms with E-state index in [1.54, 1.807) is 18.3 Å². The third-order valence-corrected chi connectivity index (χ3v) is 2.03. The summed E-state index contributed by atoms with van der Waals surface area (Å²) in [5.74, 6) is 0.904. The second kappa shape index (κ2) is 3.53. The van der Waals surface area contributed by atoms with Gasteiger partial charge in [0.05, 0.1) is 0 Å². The number of hydrogen-bond acceptors (Lipinski definition) is 4. The second-order valence-electron chi connectivity index (χ2n) is 3.10. The van der Waals surface area contributed by atoms with Gasteiger partial charge >= 0.3 is 0 Å². The highest BCUT2D eigenvalue weighted by Crippen LogP contribution is 2.16. The number of carbonyl (C=O) groups excluding carboxylic acids is 1. The fourth-order valence-corrected chi connectivity index (χ4v) is 1.35. The summed E-state index contributed by atoms with van der Waals surface area (Å²) in [5.41, 5.74) is 5.48. The minimum absolute atomic E-state index is 0.0691. The molecule has 0 radical (unpaired) electrons. The maximum absolute atomic E-state index is 11.2. The molecule has 1 aromatic rings. The standard InChI is InChI=1S/C9H11N3O2/c10-8-5-6(1-3-11-8)14-7-2-4-12-9(7)13/h1,3,5,7H,2,4H2,(H2,10,11)(H,12,13). The van der Waals surface area contributed by atoms with Crippen molar-refractivity contribution in [3.05, 3.63) is 18.3 Å². The third-order valence-electron chi connectivity index (χ3n) is 2.03. The summed E-state index contributed by atoms with van der Waals surface area (Å²) < 4.78 is 5.44. The smallest absolute Gasteiger partial charge is 0.261 e. The van der Waals surface area contributed by atoms with Gasteiger partial charge in [-0.3, -0.25) is 4.79 Å². The number of nitrogens with one attached hydrogen (secondary N) is 1. The van der Waals surface area contributed by atoms with Crippen LogP contribution in [-0.2, 0) is 4.79 Å². The van der Waals surface area contributed by atoms with E-state index >= 15 is 0 Å². The van der Waals surface area contributed by atoms with E-state index in [0.29, 0.717) is 24.5 Å². The van der Waals surface area contributed by atoms with Gasteiger partial charge in [0.2, 0.25) is 0 Å². The number of pyridine rings is 1. The average molecular weight is 193 g/mol. The second-order valence-corrected chi connectivity index (χ2v) is 3.10. The lowest BCUT2D eigenvalue weighted by Gasteiger charge is -2.10. The molecule has 1 atom stereocenters. The van der Waals surface area contributed by atoms with Gasteiger partial charge in [0, 0.05) is 25.2 Å². The van der Waals surface area contributed by atoms with E-state index in [-0.39, 0.29) is 5.91 Å². The molecule has 14 heavy (non-hydrogen) atoms. The van der Waals surface area contributed by atoms with Crippen molar-refractivity contribution in [2.24, 2.45) is 0 Å². The van der Waals surface area contributed by atoms with Crippen molar-refractivity contribution in [2.45, 2.75) is 12.5 Å². The number of rotatable bonds is 2. The molecule has 3 N–H and O–H groups in total. The van der Waals surface area contributed by atoms with Gasteiger partial charge in [0.15, 0.2) is 6.10 Å². The third kappa shape index (κ3) is 1.76. The highest BCUT2D eigenvalue weighted by atomic mass is 16.5. The molecule has 1 saturated heterocycles. The average Bonchev–Trinajstić information content (AvgIpc) is 2.52. The summed E-state index contributed by atoms with van der Waals surface area (Å²) >= 11 is 0. The number of anilines is 1. The summed E-state index contributed by atoms with van der Waals surface area (Å²) in [6.45, 7) is 0.671. The zero-order chi connectivity index (χ0) is 9.97. The van der Waals surface area contributed by atoms with Gasteiger partial charge in [-0.25, -0.2) is 4.98 Å². The molecular formula is C9H11N3O2. The van der Waals surface area contributed by atoms with E-state index in [0.717, 1.165) is 0 Å². The van der Waals surface area contributed by atoms with Crippen LogP contribution < -0.4 is 15.8 Å². The quantitative estimate of drug-likeness (QED) is 0.689. The molecule has 2 rings (SSSR count). The Hall–Kier alpha value is -1.78. The van der Waals surface area contributed by atoms with Gasteiger partial charge in [-0.15, -0.1) is 0 Å². The predicted molar refractivity (Wildman–Crippen MR) is 50.7 cm³/mol. The number of carbonyl (C=O) groups is 1. The zero-order valence-corrected chi connectivity index (χ0v) is 7.56. The van der Waals surface area contributed by atoms with Crippen molar-refractivity contribution in [3.8, 4) is 5.75 Å². The number of amides is 1. The van der Waals surface area contributed by atoms with E-state index in [4.69, 9.17) is 10.5 Å². The van der Waals surface area contributed by atoms with Gasteiger partial charge in [-0.1, -0.05) is 0 Å². The highest BCUT2D eigenvalue weighted by molar-refractivity contribution is 5.83. The molecule has 0 spiro atoms. The maximum Gasteiger partial charge on any atom is 0.261 e. The topological polar surface area (TPSA) is 77.2 Å². The lowest BCUT2D eigenvalue weighted by Crippen LogP contribution is -2.27. The first-order valence-corrected chi connectivity index (χ1v) is 4.41. The van der Waals surface area contributed by atoms with E-state index in [1.807, 2.05) is 0 Å². The Bertz CT molecular complexity index is 354. The molecule has 74 valence electrons. The summed E-state index contributed by atoms with van der Waals surface area (Å²) in [7, 11) is 0. The van der Waals surface area contributed by atoms with E-state index < -0.39 is 6.10 Å². The monoisotopic (exact) mass is 193 g/mol. The maximum atomic E-state index is 11.2. The van der Waals surface area contributed by atoms with Crippen molar-refractivity contribution < 1.29 is 9.53 Å². The van der Waals surface area contributed by atoms with Gasteiger partial charge in [0.25, 0.3) is 5.91 Å². The summed E-state index contributed by atoms with van der Waals surface area (Å²) in [6, 6.07) is 3.29. The van der Waals surface area contributed by atoms with Crippen LogP contribution in [0.3, 0.4) is 0 Å². The van der Waals surface area contributed by atoms with Crippen LogP contribution in [0.25, 0.3) is 0 Å². The minimum Gasteiger partial charge on any atom is -0.480 e. The van der Waals surface area contributed by atoms with Crippen molar-refractivity contribution >= 4 is 11.7 Å². The number of aromatic nitrogens is 1. The number of nitrogen functional groups attached to an aromatic ring is 1. The number of nitrogens with zero attached hydrogens (tertiary/aromatic N) is 1. The molecular weight excluding hydrogens is 182 g/mol. The fourth-order valence-electron chi connectivity index (χ4n) is 1.35. The highest BCUT2D eigenvalue weighted by Gasteiger charge is 2.25. The van der Waals surface area contributed by atoms with E-state index in [9.17, 15) is 4.79 Å². The molecule has 0 aliphatic carbocycles. The first-order valence-electron chi connectivity index (χ1n) is 4.41. The van der Waals surface area contributed by atoms with Gasteiger partial charge in [0.1, 0.15) is 11.6 Å². The summed E-state index contributed by atoms with van der Waals surface area (Å²) in [5, 5.41) is 2.69. The van der Waals surface area contributed by atoms with Crippen LogP contribution in [0.5, 0.6) is 5.75 Å². The van der Waals surface area contributed by atoms with Crippen molar-refractivity contribution in [1.82, 2.24) is 10.3 Å². The van der Waals surface area contributed by atoms with Crippen molar-refractivity contribution in [2.75, 3.05) is 12.3 Å². The first-order chi connectivity index (χ1) is 6.75. The molecule has 1 fully saturated rings. The van der Waals surface area contributed by atoms with Crippen LogP contribution in [-0.4, -0.2) is 23.5 Å². The van der Waals surface area contributed by atoms with Crippen LogP contribution in [0.15, 0.2) is 18.3 Å². The largest absolute Gasteiger partial charge is 0.480 e. The Morgan fingerprint density at radius 2 is 2.50 bits per heavy atom. The molecule has 5 heteroatoms. The molecule has 1 unspecified atom stereocenters.